The largest absolute Gasteiger partial charge is 0.379 e. The molecule has 2 heterocycles. The van der Waals surface area contributed by atoms with E-state index >= 15 is 0 Å². The standard InChI is InChI=1S/C19H39N5O/c1-5-8-23-9-7-17(15-23)14-21-18(20-6-2)22-16-19(3,4)24-10-12-25-13-11-24/h17H,5-16H2,1-4H3,(H2,20,21,22). The molecule has 1 unspecified atom stereocenters. The fraction of sp³-hybridized carbons (Fsp3) is 0.947. The maximum absolute atomic E-state index is 5.47. The van der Waals surface area contributed by atoms with Crippen LogP contribution in [0.15, 0.2) is 4.99 Å². The lowest BCUT2D eigenvalue weighted by molar-refractivity contribution is -0.00683. The van der Waals surface area contributed by atoms with Gasteiger partial charge in [-0.05, 0) is 52.6 Å². The van der Waals surface area contributed by atoms with Gasteiger partial charge in [0.2, 0.25) is 0 Å². The minimum Gasteiger partial charge on any atom is -0.379 e. The van der Waals surface area contributed by atoms with Crippen molar-refractivity contribution in [1.82, 2.24) is 20.4 Å². The molecule has 1 atom stereocenters. The Kier molecular flexibility index (Phi) is 8.46. The third-order valence-electron chi connectivity index (χ3n) is 5.30. The molecule has 0 radical (unpaired) electrons. The van der Waals surface area contributed by atoms with Crippen LogP contribution in [0.5, 0.6) is 0 Å². The van der Waals surface area contributed by atoms with Gasteiger partial charge in [-0.3, -0.25) is 9.89 Å². The lowest BCUT2D eigenvalue weighted by atomic mass is 10.0. The fourth-order valence-corrected chi connectivity index (χ4v) is 3.72. The second kappa shape index (κ2) is 10.3. The van der Waals surface area contributed by atoms with E-state index in [1.165, 1.54) is 32.5 Å². The molecule has 0 aromatic rings. The molecule has 0 aromatic carbocycles. The zero-order chi connectivity index (χ0) is 18.1. The summed E-state index contributed by atoms with van der Waals surface area (Å²) in [6, 6.07) is 0. The number of hydrogen-bond donors (Lipinski definition) is 2. The predicted octanol–water partition coefficient (Wildman–Crippen LogP) is 1.38. The molecule has 2 saturated heterocycles. The van der Waals surface area contributed by atoms with Crippen molar-refractivity contribution in [1.29, 1.82) is 0 Å². The molecule has 2 aliphatic heterocycles. The third-order valence-corrected chi connectivity index (χ3v) is 5.30. The van der Waals surface area contributed by atoms with E-state index in [4.69, 9.17) is 9.73 Å². The van der Waals surface area contributed by atoms with Crippen molar-refractivity contribution in [2.24, 2.45) is 10.9 Å². The number of likely N-dealkylation sites (tertiary alicyclic amines) is 1. The van der Waals surface area contributed by atoms with Gasteiger partial charge in [-0.25, -0.2) is 0 Å². The van der Waals surface area contributed by atoms with Crippen molar-refractivity contribution in [2.75, 3.05) is 65.6 Å². The summed E-state index contributed by atoms with van der Waals surface area (Å²) in [5, 5.41) is 6.97. The van der Waals surface area contributed by atoms with Gasteiger partial charge >= 0.3 is 0 Å². The first-order valence-electron chi connectivity index (χ1n) is 10.1. The van der Waals surface area contributed by atoms with E-state index in [1.807, 2.05) is 0 Å². The quantitative estimate of drug-likeness (QED) is 0.510. The molecule has 6 heteroatoms. The van der Waals surface area contributed by atoms with Crippen molar-refractivity contribution in [2.45, 2.75) is 46.1 Å². The molecular weight excluding hydrogens is 314 g/mol. The topological polar surface area (TPSA) is 52.1 Å². The summed E-state index contributed by atoms with van der Waals surface area (Å²) in [5.41, 5.74) is 0.0669. The Bertz CT molecular complexity index is 407. The van der Waals surface area contributed by atoms with E-state index in [0.717, 1.165) is 57.8 Å². The molecule has 2 N–H and O–H groups in total. The third kappa shape index (κ3) is 6.76. The number of ether oxygens (including phenoxy) is 1. The van der Waals surface area contributed by atoms with Crippen LogP contribution >= 0.6 is 0 Å². The molecule has 0 saturated carbocycles. The molecule has 2 rings (SSSR count). The van der Waals surface area contributed by atoms with Crippen LogP contribution in [0.4, 0.5) is 0 Å². The van der Waals surface area contributed by atoms with Crippen LogP contribution in [0, 0.1) is 5.92 Å². The number of hydrogen-bond acceptors (Lipinski definition) is 4. The highest BCUT2D eigenvalue weighted by molar-refractivity contribution is 5.79. The van der Waals surface area contributed by atoms with Gasteiger partial charge in [0, 0.05) is 38.3 Å². The molecule has 6 nitrogen and oxygen atoms in total. The van der Waals surface area contributed by atoms with Gasteiger partial charge in [0.25, 0.3) is 0 Å². The number of nitrogens with zero attached hydrogens (tertiary/aromatic N) is 3. The summed E-state index contributed by atoms with van der Waals surface area (Å²) < 4.78 is 5.47. The Labute approximate surface area is 154 Å². The van der Waals surface area contributed by atoms with E-state index in [-0.39, 0.29) is 5.54 Å². The Morgan fingerprint density at radius 1 is 1.16 bits per heavy atom. The van der Waals surface area contributed by atoms with Gasteiger partial charge in [0.05, 0.1) is 19.8 Å². The van der Waals surface area contributed by atoms with E-state index < -0.39 is 0 Å². The first-order chi connectivity index (χ1) is 12.0. The highest BCUT2D eigenvalue weighted by Crippen LogP contribution is 2.17. The Morgan fingerprint density at radius 2 is 1.92 bits per heavy atom. The molecule has 0 amide bonds. The van der Waals surface area contributed by atoms with Crippen LogP contribution in [0.3, 0.4) is 0 Å². The van der Waals surface area contributed by atoms with Crippen molar-refractivity contribution >= 4 is 5.96 Å². The van der Waals surface area contributed by atoms with Gasteiger partial charge in [-0.1, -0.05) is 6.92 Å². The predicted molar refractivity (Wildman–Crippen MR) is 105 cm³/mol. The first kappa shape index (κ1) is 20.5. The smallest absolute Gasteiger partial charge is 0.191 e. The second-order valence-corrected chi connectivity index (χ2v) is 7.94. The minimum atomic E-state index is 0.0669. The van der Waals surface area contributed by atoms with Crippen LogP contribution in [-0.2, 0) is 4.74 Å². The number of aliphatic imine (C=N–C) groups is 1. The maximum Gasteiger partial charge on any atom is 0.191 e. The van der Waals surface area contributed by atoms with Gasteiger partial charge in [-0.15, -0.1) is 0 Å². The zero-order valence-corrected chi connectivity index (χ0v) is 16.8. The van der Waals surface area contributed by atoms with Crippen LogP contribution in [-0.4, -0.2) is 86.9 Å². The summed E-state index contributed by atoms with van der Waals surface area (Å²) in [6.07, 6.45) is 2.55. The molecule has 2 fully saturated rings. The van der Waals surface area contributed by atoms with Gasteiger partial charge in [-0.2, -0.15) is 0 Å². The minimum absolute atomic E-state index is 0.0669. The van der Waals surface area contributed by atoms with Crippen LogP contribution in [0.1, 0.15) is 40.5 Å². The maximum atomic E-state index is 5.47. The molecule has 0 spiro atoms. The van der Waals surface area contributed by atoms with E-state index in [2.05, 4.69) is 48.1 Å². The molecule has 0 aliphatic carbocycles. The molecule has 2 aliphatic rings. The van der Waals surface area contributed by atoms with Crippen LogP contribution in [0.2, 0.25) is 0 Å². The lowest BCUT2D eigenvalue weighted by Gasteiger charge is -2.39. The summed E-state index contributed by atoms with van der Waals surface area (Å²) in [5.74, 6) is 1.69. The summed E-state index contributed by atoms with van der Waals surface area (Å²) in [4.78, 5) is 9.95. The Hall–Kier alpha value is -0.850. The van der Waals surface area contributed by atoms with Crippen molar-refractivity contribution in [3.05, 3.63) is 0 Å². The summed E-state index contributed by atoms with van der Waals surface area (Å²) in [7, 11) is 0. The van der Waals surface area contributed by atoms with E-state index in [9.17, 15) is 0 Å². The average molecular weight is 354 g/mol. The SMILES string of the molecule is CCCN1CCC(CNC(=NCC(C)(C)N2CCOCC2)NCC)C1. The number of rotatable bonds is 8. The summed E-state index contributed by atoms with van der Waals surface area (Å²) in [6.45, 7) is 19.0. The Morgan fingerprint density at radius 3 is 2.60 bits per heavy atom. The summed E-state index contributed by atoms with van der Waals surface area (Å²) >= 11 is 0. The highest BCUT2D eigenvalue weighted by Gasteiger charge is 2.28. The average Bonchev–Trinajstić information content (AvgIpc) is 3.06. The van der Waals surface area contributed by atoms with Gasteiger partial charge < -0.3 is 20.3 Å². The van der Waals surface area contributed by atoms with Crippen molar-refractivity contribution in [3.8, 4) is 0 Å². The molecule has 0 bridgehead atoms. The lowest BCUT2D eigenvalue weighted by Crippen LogP contribution is -2.52. The number of morpholine rings is 1. The van der Waals surface area contributed by atoms with Crippen molar-refractivity contribution in [3.63, 3.8) is 0 Å². The zero-order valence-electron chi connectivity index (χ0n) is 16.8. The van der Waals surface area contributed by atoms with Crippen molar-refractivity contribution < 1.29 is 4.74 Å². The van der Waals surface area contributed by atoms with E-state index in [0.29, 0.717) is 0 Å². The fourth-order valence-electron chi connectivity index (χ4n) is 3.72. The normalized spacial score (nSPS) is 23.8. The van der Waals surface area contributed by atoms with Gasteiger partial charge in [0.1, 0.15) is 0 Å². The second-order valence-electron chi connectivity index (χ2n) is 7.94. The highest BCUT2D eigenvalue weighted by atomic mass is 16.5. The molecular formula is C19H39N5O. The molecule has 25 heavy (non-hydrogen) atoms. The molecule has 146 valence electrons. The van der Waals surface area contributed by atoms with E-state index in [1.54, 1.807) is 0 Å². The van der Waals surface area contributed by atoms with Gasteiger partial charge in [0.15, 0.2) is 5.96 Å². The molecule has 0 aromatic heterocycles. The van der Waals surface area contributed by atoms with Crippen LogP contribution < -0.4 is 10.6 Å². The Balaban J connectivity index is 1.81. The monoisotopic (exact) mass is 353 g/mol. The number of nitrogens with one attached hydrogen (secondary N) is 2. The number of guanidine groups is 1. The first-order valence-corrected chi connectivity index (χ1v) is 10.1. The van der Waals surface area contributed by atoms with Crippen LogP contribution in [0.25, 0.3) is 0 Å².